The van der Waals surface area contributed by atoms with E-state index in [0.29, 0.717) is 37.6 Å². The number of rotatable bonds is 7. The molecular formula is C20H26Cl2FN3O3. The number of hydrogen-bond acceptors (Lipinski definition) is 5. The van der Waals surface area contributed by atoms with Crippen molar-refractivity contribution in [1.82, 2.24) is 10.6 Å². The Hall–Kier alpha value is -1.90. The number of halogens is 3. The van der Waals surface area contributed by atoms with Crippen molar-refractivity contribution >= 4 is 30.7 Å². The molecule has 9 heteroatoms. The molecule has 0 saturated carbocycles. The van der Waals surface area contributed by atoms with Gasteiger partial charge in [0.15, 0.2) is 0 Å². The van der Waals surface area contributed by atoms with E-state index in [4.69, 9.17) is 10.5 Å². The zero-order valence-corrected chi connectivity index (χ0v) is 17.5. The van der Waals surface area contributed by atoms with Crippen LogP contribution >= 0.6 is 24.8 Å². The molecule has 1 atom stereocenters. The molecule has 1 unspecified atom stereocenters. The van der Waals surface area contributed by atoms with Gasteiger partial charge in [-0.2, -0.15) is 0 Å². The van der Waals surface area contributed by atoms with Gasteiger partial charge >= 0.3 is 0 Å². The van der Waals surface area contributed by atoms with Crippen LogP contribution in [0.1, 0.15) is 22.3 Å². The third-order valence-electron chi connectivity index (χ3n) is 4.57. The average molecular weight is 446 g/mol. The van der Waals surface area contributed by atoms with Gasteiger partial charge in [-0.15, -0.1) is 24.8 Å². The van der Waals surface area contributed by atoms with Gasteiger partial charge in [-0.3, -0.25) is 4.79 Å². The minimum Gasteiger partial charge on any atom is -0.457 e. The predicted octanol–water partition coefficient (Wildman–Crippen LogP) is 2.42. The van der Waals surface area contributed by atoms with Crippen molar-refractivity contribution in [3.8, 4) is 11.5 Å². The highest BCUT2D eigenvalue weighted by molar-refractivity contribution is 5.95. The van der Waals surface area contributed by atoms with Gasteiger partial charge in [0.25, 0.3) is 5.91 Å². The number of aliphatic hydroxyl groups is 1. The summed E-state index contributed by atoms with van der Waals surface area (Å²) in [6, 6.07) is 11.4. The van der Waals surface area contributed by atoms with Gasteiger partial charge < -0.3 is 26.2 Å². The third kappa shape index (κ3) is 6.83. The number of benzene rings is 2. The Bertz CT molecular complexity index is 800. The van der Waals surface area contributed by atoms with E-state index in [-0.39, 0.29) is 36.9 Å². The Labute approximate surface area is 181 Å². The summed E-state index contributed by atoms with van der Waals surface area (Å²) < 4.78 is 19.8. The second-order valence-corrected chi connectivity index (χ2v) is 6.76. The maximum atomic E-state index is 14.1. The van der Waals surface area contributed by atoms with Crippen LogP contribution < -0.4 is 21.1 Å². The molecule has 1 saturated heterocycles. The highest BCUT2D eigenvalue weighted by atomic mass is 35.5. The Morgan fingerprint density at radius 2 is 1.90 bits per heavy atom. The van der Waals surface area contributed by atoms with Crippen LogP contribution in [0.15, 0.2) is 42.5 Å². The Morgan fingerprint density at radius 3 is 2.52 bits per heavy atom. The summed E-state index contributed by atoms with van der Waals surface area (Å²) >= 11 is 0. The molecule has 29 heavy (non-hydrogen) atoms. The van der Waals surface area contributed by atoms with Gasteiger partial charge in [0.2, 0.25) is 0 Å². The summed E-state index contributed by atoms with van der Waals surface area (Å²) in [5.74, 6) is -0.291. The number of β-amino-alcohol motifs (C(OH)–C–C–N with tert-alkyl or cyclic N) is 1. The van der Waals surface area contributed by atoms with Crippen molar-refractivity contribution in [1.29, 1.82) is 0 Å². The van der Waals surface area contributed by atoms with E-state index in [9.17, 15) is 14.3 Å². The lowest BCUT2D eigenvalue weighted by molar-refractivity contribution is 0.0560. The monoisotopic (exact) mass is 445 g/mol. The van der Waals surface area contributed by atoms with Crippen molar-refractivity contribution < 1.29 is 19.0 Å². The van der Waals surface area contributed by atoms with Crippen molar-refractivity contribution in [3.05, 3.63) is 59.4 Å². The molecule has 1 heterocycles. The highest BCUT2D eigenvalue weighted by Crippen LogP contribution is 2.24. The lowest BCUT2D eigenvalue weighted by Crippen LogP contribution is -2.44. The predicted molar refractivity (Wildman–Crippen MR) is 115 cm³/mol. The number of hydrogen-bond donors (Lipinski definition) is 4. The molecule has 1 aliphatic rings. The first-order chi connectivity index (χ1) is 13.0. The lowest BCUT2D eigenvalue weighted by Gasteiger charge is -2.21. The van der Waals surface area contributed by atoms with Crippen LogP contribution in [-0.4, -0.2) is 42.8 Å². The summed E-state index contributed by atoms with van der Waals surface area (Å²) in [5, 5.41) is 15.9. The fourth-order valence-corrected chi connectivity index (χ4v) is 2.99. The van der Waals surface area contributed by atoms with Gasteiger partial charge in [0.05, 0.1) is 11.2 Å². The number of nitrogens with two attached hydrogens (primary N) is 1. The Morgan fingerprint density at radius 1 is 1.21 bits per heavy atom. The van der Waals surface area contributed by atoms with Crippen molar-refractivity contribution in [2.45, 2.75) is 18.4 Å². The van der Waals surface area contributed by atoms with Crippen LogP contribution in [0.2, 0.25) is 0 Å². The molecule has 0 bridgehead atoms. The molecule has 5 N–H and O–H groups in total. The second kappa shape index (κ2) is 11.3. The SMILES string of the molecule is Cl.Cl.NCCc1ccc(Oc2ccc(F)c(C(=O)NCC3(O)CCNC3)c2)cc1. The standard InChI is InChI=1S/C20H24FN3O3.2ClH/c21-18-6-5-16(27-15-3-1-14(2-4-15)7-9-22)11-17(18)19(25)24-13-20(26)8-10-23-12-20;;/h1-6,11,23,26H,7-10,12-13,22H2,(H,24,25);2*1H. The smallest absolute Gasteiger partial charge is 0.254 e. The summed E-state index contributed by atoms with van der Waals surface area (Å²) in [6.07, 6.45) is 1.32. The zero-order chi connectivity index (χ0) is 19.3. The molecule has 1 fully saturated rings. The van der Waals surface area contributed by atoms with Gasteiger partial charge in [0, 0.05) is 13.1 Å². The van der Waals surface area contributed by atoms with Crippen LogP contribution in [0.3, 0.4) is 0 Å². The first kappa shape index (κ1) is 25.1. The van der Waals surface area contributed by atoms with Crippen LogP contribution in [0, 0.1) is 5.82 Å². The first-order valence-electron chi connectivity index (χ1n) is 8.97. The minimum atomic E-state index is -0.995. The van der Waals surface area contributed by atoms with Gasteiger partial charge in [-0.25, -0.2) is 4.39 Å². The number of carbonyl (C=O) groups excluding carboxylic acids is 1. The van der Waals surface area contributed by atoms with E-state index in [2.05, 4.69) is 10.6 Å². The summed E-state index contributed by atoms with van der Waals surface area (Å²) in [6.45, 7) is 1.72. The number of amides is 1. The molecule has 0 aromatic heterocycles. The second-order valence-electron chi connectivity index (χ2n) is 6.76. The normalized spacial score (nSPS) is 17.8. The molecule has 0 radical (unpaired) electrons. The van der Waals surface area contributed by atoms with E-state index in [1.165, 1.54) is 18.2 Å². The van der Waals surface area contributed by atoms with Crippen molar-refractivity contribution in [2.24, 2.45) is 5.73 Å². The van der Waals surface area contributed by atoms with Crippen LogP contribution in [0.5, 0.6) is 11.5 Å². The van der Waals surface area contributed by atoms with Gasteiger partial charge in [0.1, 0.15) is 17.3 Å². The zero-order valence-electron chi connectivity index (χ0n) is 15.8. The fraction of sp³-hybridized carbons (Fsp3) is 0.350. The van der Waals surface area contributed by atoms with Crippen molar-refractivity contribution in [3.63, 3.8) is 0 Å². The average Bonchev–Trinajstić information content (AvgIpc) is 3.10. The molecule has 6 nitrogen and oxygen atoms in total. The summed E-state index contributed by atoms with van der Waals surface area (Å²) in [4.78, 5) is 12.3. The molecule has 3 rings (SSSR count). The first-order valence-corrected chi connectivity index (χ1v) is 8.97. The number of nitrogens with one attached hydrogen (secondary N) is 2. The molecule has 1 aliphatic heterocycles. The topological polar surface area (TPSA) is 96.6 Å². The quantitative estimate of drug-likeness (QED) is 0.524. The Kier molecular flexibility index (Phi) is 9.82. The van der Waals surface area contributed by atoms with Crippen molar-refractivity contribution in [2.75, 3.05) is 26.2 Å². The van der Waals surface area contributed by atoms with E-state index in [0.717, 1.165) is 12.0 Å². The van der Waals surface area contributed by atoms with Crippen LogP contribution in [0.4, 0.5) is 4.39 Å². The third-order valence-corrected chi connectivity index (χ3v) is 4.57. The van der Waals surface area contributed by atoms with Gasteiger partial charge in [-0.05, 0) is 61.8 Å². The molecule has 1 amide bonds. The highest BCUT2D eigenvalue weighted by Gasteiger charge is 2.31. The van der Waals surface area contributed by atoms with Crippen LogP contribution in [-0.2, 0) is 6.42 Å². The molecule has 160 valence electrons. The molecule has 0 aliphatic carbocycles. The lowest BCUT2D eigenvalue weighted by atomic mass is 10.0. The maximum Gasteiger partial charge on any atom is 0.254 e. The van der Waals surface area contributed by atoms with E-state index in [1.807, 2.05) is 12.1 Å². The Balaban J connectivity index is 0.00000210. The summed E-state index contributed by atoms with van der Waals surface area (Å²) in [5.41, 5.74) is 5.51. The largest absolute Gasteiger partial charge is 0.457 e. The number of ether oxygens (including phenoxy) is 1. The molecular weight excluding hydrogens is 420 g/mol. The molecule has 0 spiro atoms. The number of carbonyl (C=O) groups is 1. The molecule has 2 aromatic rings. The van der Waals surface area contributed by atoms with Crippen LogP contribution in [0.25, 0.3) is 0 Å². The fourth-order valence-electron chi connectivity index (χ4n) is 2.99. The van der Waals surface area contributed by atoms with E-state index < -0.39 is 17.3 Å². The summed E-state index contributed by atoms with van der Waals surface area (Å²) in [7, 11) is 0. The minimum absolute atomic E-state index is 0. The van der Waals surface area contributed by atoms with Gasteiger partial charge in [-0.1, -0.05) is 12.1 Å². The maximum absolute atomic E-state index is 14.1. The van der Waals surface area contributed by atoms with E-state index >= 15 is 0 Å². The molecule has 2 aromatic carbocycles. The van der Waals surface area contributed by atoms with E-state index in [1.54, 1.807) is 12.1 Å².